The van der Waals surface area contributed by atoms with Gasteiger partial charge in [0.1, 0.15) is 11.2 Å². The third kappa shape index (κ3) is 6.05. The lowest BCUT2D eigenvalue weighted by molar-refractivity contribution is 0.670. The molecule has 304 valence electrons. The lowest BCUT2D eigenvalue weighted by Crippen LogP contribution is -2.10. The first-order valence-electron chi connectivity index (χ1n) is 22.2. The Labute approximate surface area is 376 Å². The molecular formula is C62H40N2O. The van der Waals surface area contributed by atoms with Crippen molar-refractivity contribution in [1.29, 1.82) is 0 Å². The summed E-state index contributed by atoms with van der Waals surface area (Å²) in [6.45, 7) is 0. The van der Waals surface area contributed by atoms with Crippen LogP contribution in [0.4, 0.5) is 17.1 Å². The Morgan fingerprint density at radius 2 is 0.815 bits per heavy atom. The minimum absolute atomic E-state index is 0.903. The summed E-state index contributed by atoms with van der Waals surface area (Å²) < 4.78 is 8.88. The molecule has 0 aliphatic heterocycles. The fourth-order valence-electron chi connectivity index (χ4n) is 10.2. The Balaban J connectivity index is 0.924. The maximum absolute atomic E-state index is 6.46. The van der Waals surface area contributed by atoms with Gasteiger partial charge in [-0.1, -0.05) is 182 Å². The largest absolute Gasteiger partial charge is 0.455 e. The van der Waals surface area contributed by atoms with Gasteiger partial charge in [0.15, 0.2) is 0 Å². The van der Waals surface area contributed by atoms with E-state index in [1.165, 1.54) is 60.0 Å². The quantitative estimate of drug-likeness (QED) is 0.149. The van der Waals surface area contributed by atoms with Crippen molar-refractivity contribution in [2.75, 3.05) is 4.90 Å². The number of hydrogen-bond acceptors (Lipinski definition) is 2. The lowest BCUT2D eigenvalue weighted by atomic mass is 9.93. The monoisotopic (exact) mass is 828 g/mol. The van der Waals surface area contributed by atoms with Crippen molar-refractivity contribution in [2.24, 2.45) is 0 Å². The van der Waals surface area contributed by atoms with Crippen molar-refractivity contribution < 1.29 is 4.42 Å². The highest BCUT2D eigenvalue weighted by atomic mass is 16.3. The van der Waals surface area contributed by atoms with Crippen LogP contribution in [0, 0.1) is 0 Å². The number of anilines is 3. The Kier molecular flexibility index (Phi) is 8.53. The fourth-order valence-corrected chi connectivity index (χ4v) is 10.2. The second-order valence-corrected chi connectivity index (χ2v) is 16.8. The molecule has 0 saturated carbocycles. The first-order chi connectivity index (χ1) is 32.2. The molecule has 0 N–H and O–H groups in total. The molecule has 0 bridgehead atoms. The summed E-state index contributed by atoms with van der Waals surface area (Å²) in [4.78, 5) is 2.37. The van der Waals surface area contributed by atoms with Gasteiger partial charge in [0, 0.05) is 49.7 Å². The Morgan fingerprint density at radius 1 is 0.308 bits per heavy atom. The van der Waals surface area contributed by atoms with E-state index in [1.807, 2.05) is 12.1 Å². The minimum atomic E-state index is 0.903. The molecule has 0 amide bonds. The predicted octanol–water partition coefficient (Wildman–Crippen LogP) is 17.5. The van der Waals surface area contributed by atoms with Crippen LogP contribution in [-0.4, -0.2) is 4.57 Å². The molecule has 13 rings (SSSR count). The summed E-state index contributed by atoms with van der Waals surface area (Å²) in [6.07, 6.45) is 0. The number of benzene rings is 11. The third-order valence-electron chi connectivity index (χ3n) is 13.2. The standard InChI is InChI=1S/C62H40N2O/c1-2-15-48-41(14-1)28-29-44-40-47(38-39-50(44)48)63(46-36-32-43(33-37-46)51-22-13-23-57-56-21-8-12-27-61(56)65-62(51)57)45-34-30-42(31-35-45)49-16-3-4-17-52(49)53-18-5-9-24-58(53)64-59-25-10-6-19-54(59)55-20-7-11-26-60(55)64/h1-40H. The third-order valence-corrected chi connectivity index (χ3v) is 13.2. The SMILES string of the molecule is c1ccc(-c2ccccc2-n2c3ccccc3c3ccccc32)c(-c2ccc(N(c3ccc(-c4cccc5c4oc4ccccc45)cc3)c3ccc4c(ccc5ccccc54)c3)cc2)c1. The van der Waals surface area contributed by atoms with E-state index in [4.69, 9.17) is 4.42 Å². The summed E-state index contributed by atoms with van der Waals surface area (Å²) in [6, 6.07) is 87.7. The minimum Gasteiger partial charge on any atom is -0.455 e. The van der Waals surface area contributed by atoms with Crippen LogP contribution >= 0.6 is 0 Å². The van der Waals surface area contributed by atoms with E-state index in [0.29, 0.717) is 0 Å². The summed E-state index contributed by atoms with van der Waals surface area (Å²) >= 11 is 0. The normalized spacial score (nSPS) is 11.7. The fraction of sp³-hybridized carbons (Fsp3) is 0. The van der Waals surface area contributed by atoms with Crippen molar-refractivity contribution in [3.63, 3.8) is 0 Å². The Hall–Kier alpha value is -8.66. The van der Waals surface area contributed by atoms with E-state index in [0.717, 1.165) is 61.4 Å². The zero-order valence-electron chi connectivity index (χ0n) is 35.4. The predicted molar refractivity (Wildman–Crippen MR) is 274 cm³/mol. The molecule has 3 nitrogen and oxygen atoms in total. The van der Waals surface area contributed by atoms with Crippen molar-refractivity contribution in [3.05, 3.63) is 243 Å². The summed E-state index contributed by atoms with van der Waals surface area (Å²) in [5.74, 6) is 0. The first-order valence-corrected chi connectivity index (χ1v) is 22.2. The number of nitrogens with zero attached hydrogens (tertiary/aromatic N) is 2. The van der Waals surface area contributed by atoms with Crippen molar-refractivity contribution in [1.82, 2.24) is 4.57 Å². The Bertz CT molecular complexity index is 3900. The summed E-state index contributed by atoms with van der Waals surface area (Å²) in [5, 5.41) is 9.72. The van der Waals surface area contributed by atoms with E-state index >= 15 is 0 Å². The van der Waals surface area contributed by atoms with Crippen LogP contribution in [-0.2, 0) is 0 Å². The molecule has 2 heterocycles. The summed E-state index contributed by atoms with van der Waals surface area (Å²) in [5.41, 5.74) is 15.5. The Morgan fingerprint density at radius 3 is 1.55 bits per heavy atom. The molecule has 0 spiro atoms. The molecule has 65 heavy (non-hydrogen) atoms. The van der Waals surface area contributed by atoms with Gasteiger partial charge in [-0.15, -0.1) is 0 Å². The van der Waals surface area contributed by atoms with Crippen molar-refractivity contribution in [2.45, 2.75) is 0 Å². The van der Waals surface area contributed by atoms with Crippen LogP contribution < -0.4 is 4.90 Å². The van der Waals surface area contributed by atoms with Crippen LogP contribution in [0.5, 0.6) is 0 Å². The van der Waals surface area contributed by atoms with Gasteiger partial charge in [-0.05, 0) is 104 Å². The second-order valence-electron chi connectivity index (χ2n) is 16.8. The lowest BCUT2D eigenvalue weighted by Gasteiger charge is -2.26. The van der Waals surface area contributed by atoms with Crippen LogP contribution in [0.3, 0.4) is 0 Å². The van der Waals surface area contributed by atoms with Crippen LogP contribution in [0.15, 0.2) is 247 Å². The molecule has 0 aliphatic carbocycles. The van der Waals surface area contributed by atoms with Gasteiger partial charge in [-0.25, -0.2) is 0 Å². The zero-order chi connectivity index (χ0) is 42.8. The number of rotatable bonds is 7. The van der Waals surface area contributed by atoms with Crippen LogP contribution in [0.1, 0.15) is 0 Å². The highest BCUT2D eigenvalue weighted by Crippen LogP contribution is 2.43. The number of para-hydroxylation sites is 5. The van der Waals surface area contributed by atoms with Gasteiger partial charge in [-0.3, -0.25) is 0 Å². The number of hydrogen-bond donors (Lipinski definition) is 0. The van der Waals surface area contributed by atoms with Gasteiger partial charge >= 0.3 is 0 Å². The highest BCUT2D eigenvalue weighted by molar-refractivity contribution is 6.12. The van der Waals surface area contributed by atoms with Crippen molar-refractivity contribution >= 4 is 82.4 Å². The smallest absolute Gasteiger partial charge is 0.143 e. The molecule has 0 atom stereocenters. The first kappa shape index (κ1) is 36.9. The van der Waals surface area contributed by atoms with Gasteiger partial charge in [0.25, 0.3) is 0 Å². The van der Waals surface area contributed by atoms with E-state index < -0.39 is 0 Å². The van der Waals surface area contributed by atoms with E-state index in [1.54, 1.807) is 0 Å². The molecule has 3 heteroatoms. The van der Waals surface area contributed by atoms with E-state index in [9.17, 15) is 0 Å². The van der Waals surface area contributed by atoms with Crippen LogP contribution in [0.2, 0.25) is 0 Å². The molecule has 0 radical (unpaired) electrons. The van der Waals surface area contributed by atoms with Gasteiger partial charge < -0.3 is 13.9 Å². The molecule has 11 aromatic carbocycles. The maximum Gasteiger partial charge on any atom is 0.143 e. The summed E-state index contributed by atoms with van der Waals surface area (Å²) in [7, 11) is 0. The molecule has 2 aromatic heterocycles. The van der Waals surface area contributed by atoms with Gasteiger partial charge in [0.2, 0.25) is 0 Å². The van der Waals surface area contributed by atoms with Crippen LogP contribution in [0.25, 0.3) is 104 Å². The number of aromatic nitrogens is 1. The van der Waals surface area contributed by atoms with Gasteiger partial charge in [-0.2, -0.15) is 0 Å². The average molecular weight is 829 g/mol. The van der Waals surface area contributed by atoms with Gasteiger partial charge in [0.05, 0.1) is 16.7 Å². The van der Waals surface area contributed by atoms with E-state index in [2.05, 4.69) is 240 Å². The molecule has 0 unspecified atom stereocenters. The zero-order valence-corrected chi connectivity index (χ0v) is 35.4. The number of furan rings is 1. The molecule has 13 aromatic rings. The molecular weight excluding hydrogens is 789 g/mol. The maximum atomic E-state index is 6.46. The molecule has 0 aliphatic rings. The highest BCUT2D eigenvalue weighted by Gasteiger charge is 2.19. The topological polar surface area (TPSA) is 21.3 Å². The average Bonchev–Trinajstić information content (AvgIpc) is 3.93. The van der Waals surface area contributed by atoms with Crippen molar-refractivity contribution in [3.8, 4) is 39.1 Å². The molecule has 0 fully saturated rings. The number of fused-ring (bicyclic) bond motifs is 9. The second kappa shape index (κ2) is 15.0. The van der Waals surface area contributed by atoms with E-state index in [-0.39, 0.29) is 0 Å². The molecule has 0 saturated heterocycles.